The first-order valence-corrected chi connectivity index (χ1v) is 11.9. The van der Waals surface area contributed by atoms with Gasteiger partial charge in [0, 0.05) is 17.4 Å². The SMILES string of the molecule is Cc1ccc(-n2c(C)nnc2SCC(=O)Nc2c(C#N)c(C)c(C)n2C2CCCC2)cc1. The van der Waals surface area contributed by atoms with Crippen LogP contribution in [0.2, 0.25) is 0 Å². The zero-order valence-corrected chi connectivity index (χ0v) is 19.8. The minimum atomic E-state index is -0.153. The highest BCUT2D eigenvalue weighted by molar-refractivity contribution is 7.99. The number of benzene rings is 1. The van der Waals surface area contributed by atoms with Crippen LogP contribution in [-0.4, -0.2) is 31.0 Å². The average Bonchev–Trinajstić information content (AvgIpc) is 3.48. The number of aryl methyl sites for hydroxylation is 2. The molecule has 0 radical (unpaired) electrons. The number of carbonyl (C=O) groups excluding carboxylic acids is 1. The molecule has 7 nitrogen and oxygen atoms in total. The smallest absolute Gasteiger partial charge is 0.235 e. The first-order chi connectivity index (χ1) is 15.4. The van der Waals surface area contributed by atoms with E-state index in [4.69, 9.17) is 0 Å². The van der Waals surface area contributed by atoms with Crippen LogP contribution in [0.5, 0.6) is 0 Å². The summed E-state index contributed by atoms with van der Waals surface area (Å²) in [4.78, 5) is 12.9. The van der Waals surface area contributed by atoms with Crippen LogP contribution in [-0.2, 0) is 4.79 Å². The second kappa shape index (κ2) is 9.21. The second-order valence-electron chi connectivity index (χ2n) is 8.39. The summed E-state index contributed by atoms with van der Waals surface area (Å²) in [6, 6.07) is 10.8. The number of carbonyl (C=O) groups is 1. The second-order valence-corrected chi connectivity index (χ2v) is 9.33. The van der Waals surface area contributed by atoms with E-state index < -0.39 is 0 Å². The Labute approximate surface area is 192 Å². The molecular formula is C24H28N6OS. The van der Waals surface area contributed by atoms with Crippen molar-refractivity contribution in [3.8, 4) is 11.8 Å². The normalized spacial score (nSPS) is 14.0. The number of thioether (sulfide) groups is 1. The van der Waals surface area contributed by atoms with Crippen LogP contribution in [0, 0.1) is 39.0 Å². The Balaban J connectivity index is 1.53. The Morgan fingerprint density at radius 2 is 1.84 bits per heavy atom. The number of amides is 1. The minimum absolute atomic E-state index is 0.153. The number of anilines is 1. The highest BCUT2D eigenvalue weighted by atomic mass is 32.2. The molecule has 32 heavy (non-hydrogen) atoms. The molecule has 0 saturated heterocycles. The van der Waals surface area contributed by atoms with Crippen LogP contribution >= 0.6 is 11.8 Å². The van der Waals surface area contributed by atoms with Gasteiger partial charge in [-0.2, -0.15) is 5.26 Å². The fraction of sp³-hybridized carbons (Fsp3) is 0.417. The van der Waals surface area contributed by atoms with Gasteiger partial charge in [0.1, 0.15) is 17.7 Å². The first-order valence-electron chi connectivity index (χ1n) is 10.9. The van der Waals surface area contributed by atoms with Gasteiger partial charge in [0.25, 0.3) is 0 Å². The van der Waals surface area contributed by atoms with Crippen molar-refractivity contribution >= 4 is 23.5 Å². The largest absolute Gasteiger partial charge is 0.327 e. The van der Waals surface area contributed by atoms with Crippen molar-refractivity contribution in [1.29, 1.82) is 5.26 Å². The molecule has 3 aromatic rings. The summed E-state index contributed by atoms with van der Waals surface area (Å²) in [5.74, 6) is 1.43. The summed E-state index contributed by atoms with van der Waals surface area (Å²) >= 11 is 1.34. The molecule has 1 N–H and O–H groups in total. The zero-order chi connectivity index (χ0) is 22.8. The van der Waals surface area contributed by atoms with Crippen molar-refractivity contribution < 1.29 is 4.79 Å². The van der Waals surface area contributed by atoms with Crippen molar-refractivity contribution in [3.63, 3.8) is 0 Å². The van der Waals surface area contributed by atoms with Gasteiger partial charge in [0.05, 0.1) is 11.3 Å². The molecule has 2 aromatic heterocycles. The van der Waals surface area contributed by atoms with E-state index in [1.165, 1.54) is 30.2 Å². The Kier molecular flexibility index (Phi) is 6.38. The quantitative estimate of drug-likeness (QED) is 0.535. The van der Waals surface area contributed by atoms with E-state index in [1.807, 2.05) is 56.5 Å². The summed E-state index contributed by atoms with van der Waals surface area (Å²) in [7, 11) is 0. The molecule has 1 aliphatic carbocycles. The zero-order valence-electron chi connectivity index (χ0n) is 19.0. The fourth-order valence-corrected chi connectivity index (χ4v) is 5.23. The van der Waals surface area contributed by atoms with Crippen LogP contribution in [0.3, 0.4) is 0 Å². The van der Waals surface area contributed by atoms with Crippen LogP contribution < -0.4 is 5.32 Å². The Morgan fingerprint density at radius 3 is 2.50 bits per heavy atom. The number of rotatable bonds is 6. The lowest BCUT2D eigenvalue weighted by molar-refractivity contribution is -0.113. The van der Waals surface area contributed by atoms with E-state index >= 15 is 0 Å². The lowest BCUT2D eigenvalue weighted by Crippen LogP contribution is -2.20. The summed E-state index contributed by atoms with van der Waals surface area (Å²) < 4.78 is 4.12. The summed E-state index contributed by atoms with van der Waals surface area (Å²) in [6.07, 6.45) is 4.52. The lowest BCUT2D eigenvalue weighted by atomic mass is 10.2. The molecule has 1 saturated carbocycles. The molecule has 166 valence electrons. The predicted octanol–water partition coefficient (Wildman–Crippen LogP) is 5.02. The van der Waals surface area contributed by atoms with Crippen molar-refractivity contribution in [2.24, 2.45) is 0 Å². The van der Waals surface area contributed by atoms with Gasteiger partial charge in [-0.05, 0) is 58.2 Å². The molecule has 1 aromatic carbocycles. The van der Waals surface area contributed by atoms with Crippen molar-refractivity contribution in [1.82, 2.24) is 19.3 Å². The van der Waals surface area contributed by atoms with Gasteiger partial charge < -0.3 is 9.88 Å². The molecule has 0 unspecified atom stereocenters. The fourth-order valence-electron chi connectivity index (χ4n) is 4.43. The third-order valence-corrected chi connectivity index (χ3v) is 7.16. The van der Waals surface area contributed by atoms with Gasteiger partial charge in [0.15, 0.2) is 5.16 Å². The molecule has 1 amide bonds. The molecule has 4 rings (SSSR count). The van der Waals surface area contributed by atoms with Crippen molar-refractivity contribution in [2.45, 2.75) is 64.6 Å². The standard InChI is InChI=1S/C24H28N6OS/c1-15-9-11-20(12-10-15)30-18(4)27-28-24(30)32-14-22(31)26-23-21(13-25)16(2)17(3)29(23)19-7-5-6-8-19/h9-12,19H,5-8,14H2,1-4H3,(H,26,31). The lowest BCUT2D eigenvalue weighted by Gasteiger charge is -2.19. The van der Waals surface area contributed by atoms with Gasteiger partial charge in [-0.25, -0.2) is 0 Å². The van der Waals surface area contributed by atoms with Gasteiger partial charge in [0.2, 0.25) is 5.91 Å². The maximum Gasteiger partial charge on any atom is 0.235 e. The topological polar surface area (TPSA) is 88.5 Å². The van der Waals surface area contributed by atoms with E-state index in [9.17, 15) is 10.1 Å². The number of nitrogens with one attached hydrogen (secondary N) is 1. The third kappa shape index (κ3) is 4.17. The van der Waals surface area contributed by atoms with Crippen LogP contribution in [0.25, 0.3) is 5.69 Å². The molecule has 1 aliphatic rings. The van der Waals surface area contributed by atoms with Crippen LogP contribution in [0.15, 0.2) is 29.4 Å². The van der Waals surface area contributed by atoms with E-state index in [0.29, 0.717) is 22.6 Å². The Morgan fingerprint density at radius 1 is 1.16 bits per heavy atom. The van der Waals surface area contributed by atoms with E-state index in [-0.39, 0.29) is 11.7 Å². The van der Waals surface area contributed by atoms with E-state index in [0.717, 1.165) is 35.6 Å². The van der Waals surface area contributed by atoms with E-state index in [1.54, 1.807) is 0 Å². The van der Waals surface area contributed by atoms with Gasteiger partial charge in [-0.1, -0.05) is 42.3 Å². The summed E-state index contributed by atoms with van der Waals surface area (Å²) in [5.41, 5.74) is 4.71. The molecule has 2 heterocycles. The van der Waals surface area contributed by atoms with Gasteiger partial charge in [-0.3, -0.25) is 9.36 Å². The molecule has 0 aliphatic heterocycles. The Hall–Kier alpha value is -3.05. The Bertz CT molecular complexity index is 1180. The monoisotopic (exact) mass is 448 g/mol. The number of hydrogen-bond donors (Lipinski definition) is 1. The highest BCUT2D eigenvalue weighted by Crippen LogP contribution is 2.37. The maximum absolute atomic E-state index is 12.9. The molecule has 0 bridgehead atoms. The number of hydrogen-bond acceptors (Lipinski definition) is 5. The molecule has 1 fully saturated rings. The van der Waals surface area contributed by atoms with Gasteiger partial charge >= 0.3 is 0 Å². The molecule has 8 heteroatoms. The molecule has 0 spiro atoms. The predicted molar refractivity (Wildman–Crippen MR) is 126 cm³/mol. The van der Waals surface area contributed by atoms with Gasteiger partial charge in [-0.15, -0.1) is 10.2 Å². The van der Waals surface area contributed by atoms with Crippen LogP contribution in [0.4, 0.5) is 5.82 Å². The maximum atomic E-state index is 12.9. The number of aromatic nitrogens is 4. The average molecular weight is 449 g/mol. The first kappa shape index (κ1) is 22.2. The number of nitriles is 1. The third-order valence-electron chi connectivity index (χ3n) is 6.24. The van der Waals surface area contributed by atoms with Crippen molar-refractivity contribution in [3.05, 3.63) is 52.5 Å². The van der Waals surface area contributed by atoms with E-state index in [2.05, 4.69) is 26.2 Å². The summed E-state index contributed by atoms with van der Waals surface area (Å²) in [6.45, 7) is 7.93. The van der Waals surface area contributed by atoms with Crippen molar-refractivity contribution in [2.75, 3.05) is 11.1 Å². The summed E-state index contributed by atoms with van der Waals surface area (Å²) in [5, 5.41) is 21.9. The molecule has 0 atom stereocenters. The number of nitrogens with zero attached hydrogens (tertiary/aromatic N) is 5. The minimum Gasteiger partial charge on any atom is -0.327 e. The highest BCUT2D eigenvalue weighted by Gasteiger charge is 2.27. The van der Waals surface area contributed by atoms with Crippen LogP contribution in [0.1, 0.15) is 59.9 Å². The molecular weight excluding hydrogens is 420 g/mol.